The van der Waals surface area contributed by atoms with Crippen LogP contribution in [0.15, 0.2) is 17.5 Å². The summed E-state index contributed by atoms with van der Waals surface area (Å²) >= 11 is 1.09. The molecule has 2 aromatic rings. The number of phenolic OH excluding ortho intramolecular Hbond substituents is 1. The van der Waals surface area contributed by atoms with E-state index in [1.54, 1.807) is 5.38 Å². The van der Waals surface area contributed by atoms with Gasteiger partial charge in [0.2, 0.25) is 6.41 Å². The smallest absolute Gasteiger partial charge is 0.270 e. The first-order valence-corrected chi connectivity index (χ1v) is 11.0. The normalized spacial score (nSPS) is 11.0. The van der Waals surface area contributed by atoms with Crippen molar-refractivity contribution in [3.05, 3.63) is 28.8 Å². The van der Waals surface area contributed by atoms with Crippen LogP contribution in [0.4, 0.5) is 10.8 Å². The van der Waals surface area contributed by atoms with Crippen LogP contribution in [0.3, 0.4) is 0 Å². The predicted octanol–water partition coefficient (Wildman–Crippen LogP) is 2.53. The number of carbonyl (C=O) groups is 3. The number of benzene rings is 1. The Morgan fingerprint density at radius 1 is 1.22 bits per heavy atom. The Hall–Kier alpha value is -3.18. The summed E-state index contributed by atoms with van der Waals surface area (Å²) in [6, 6.07) is 3.24. The summed E-state index contributed by atoms with van der Waals surface area (Å²) in [5.74, 6) is -1.11. The van der Waals surface area contributed by atoms with Crippen LogP contribution >= 0.6 is 11.3 Å². The van der Waals surface area contributed by atoms with Gasteiger partial charge in [0.15, 0.2) is 5.13 Å². The van der Waals surface area contributed by atoms with Crippen molar-refractivity contribution >= 4 is 40.4 Å². The van der Waals surface area contributed by atoms with Crippen LogP contribution in [-0.2, 0) is 4.79 Å². The van der Waals surface area contributed by atoms with E-state index in [0.717, 1.165) is 11.3 Å². The van der Waals surface area contributed by atoms with Crippen molar-refractivity contribution in [2.75, 3.05) is 30.8 Å². The average Bonchev–Trinajstić information content (AvgIpc) is 3.20. The molecule has 0 unspecified atom stereocenters. The van der Waals surface area contributed by atoms with Gasteiger partial charge in [0.1, 0.15) is 17.2 Å². The summed E-state index contributed by atoms with van der Waals surface area (Å²) in [5.41, 5.74) is 0.327. The van der Waals surface area contributed by atoms with E-state index in [-0.39, 0.29) is 39.5 Å². The fourth-order valence-electron chi connectivity index (χ4n) is 3.20. The van der Waals surface area contributed by atoms with Gasteiger partial charge in [0.25, 0.3) is 11.8 Å². The molecular weight excluding hydrogens is 434 g/mol. The van der Waals surface area contributed by atoms with Gasteiger partial charge in [-0.05, 0) is 33.8 Å². The van der Waals surface area contributed by atoms with E-state index in [2.05, 4.69) is 53.5 Å². The van der Waals surface area contributed by atoms with Gasteiger partial charge >= 0.3 is 0 Å². The molecule has 0 atom stereocenters. The molecule has 3 amide bonds. The second kappa shape index (κ2) is 11.4. The van der Waals surface area contributed by atoms with Crippen molar-refractivity contribution in [2.45, 2.75) is 39.8 Å². The van der Waals surface area contributed by atoms with Crippen LogP contribution in [0.25, 0.3) is 0 Å². The van der Waals surface area contributed by atoms with Crippen LogP contribution in [0.1, 0.15) is 48.5 Å². The van der Waals surface area contributed by atoms with Crippen molar-refractivity contribution in [1.82, 2.24) is 15.2 Å². The number of methoxy groups -OCH3 is 1. The minimum atomic E-state index is -0.648. The number of aromatic hydroxyl groups is 1. The summed E-state index contributed by atoms with van der Waals surface area (Å²) < 4.78 is 5.06. The predicted molar refractivity (Wildman–Crippen MR) is 124 cm³/mol. The first-order chi connectivity index (χ1) is 15.2. The zero-order chi connectivity index (χ0) is 23.8. The lowest BCUT2D eigenvalue weighted by Crippen LogP contribution is -2.42. The highest BCUT2D eigenvalue weighted by Gasteiger charge is 2.19. The lowest BCUT2D eigenvalue weighted by molar-refractivity contribution is -0.105. The fourth-order valence-corrected chi connectivity index (χ4v) is 3.88. The lowest BCUT2D eigenvalue weighted by atomic mass is 10.1. The first-order valence-electron chi connectivity index (χ1n) is 10.1. The Bertz CT molecular complexity index is 952. The van der Waals surface area contributed by atoms with Gasteiger partial charge in [-0.3, -0.25) is 24.6 Å². The molecule has 0 aliphatic heterocycles. The number of amides is 3. The highest BCUT2D eigenvalue weighted by molar-refractivity contribution is 7.14. The molecular formula is C21H29N5O5S. The van der Waals surface area contributed by atoms with Crippen molar-refractivity contribution < 1.29 is 24.2 Å². The second-order valence-electron chi connectivity index (χ2n) is 7.51. The van der Waals surface area contributed by atoms with Gasteiger partial charge in [-0.2, -0.15) is 0 Å². The highest BCUT2D eigenvalue weighted by atomic mass is 32.1. The van der Waals surface area contributed by atoms with Crippen molar-refractivity contribution in [2.24, 2.45) is 0 Å². The van der Waals surface area contributed by atoms with Gasteiger partial charge < -0.3 is 20.5 Å². The van der Waals surface area contributed by atoms with E-state index in [4.69, 9.17) is 4.74 Å². The van der Waals surface area contributed by atoms with Crippen molar-refractivity contribution in [1.29, 1.82) is 0 Å². The largest absolute Gasteiger partial charge is 0.507 e. The number of nitrogens with one attached hydrogen (secondary N) is 3. The molecule has 0 fully saturated rings. The number of hydrogen-bond donors (Lipinski definition) is 4. The van der Waals surface area contributed by atoms with Crippen LogP contribution in [-0.4, -0.2) is 65.5 Å². The van der Waals surface area contributed by atoms with E-state index >= 15 is 0 Å². The molecule has 32 heavy (non-hydrogen) atoms. The zero-order valence-electron chi connectivity index (χ0n) is 18.8. The molecule has 11 heteroatoms. The van der Waals surface area contributed by atoms with E-state index in [0.29, 0.717) is 31.6 Å². The molecule has 0 aliphatic rings. The molecule has 0 spiro atoms. The maximum atomic E-state index is 12.6. The first kappa shape index (κ1) is 25.1. The Morgan fingerprint density at radius 3 is 2.50 bits per heavy atom. The summed E-state index contributed by atoms with van der Waals surface area (Å²) in [7, 11) is 1.37. The molecule has 0 saturated heterocycles. The second-order valence-corrected chi connectivity index (χ2v) is 8.36. The number of hydrogen-bond acceptors (Lipinski definition) is 8. The van der Waals surface area contributed by atoms with Gasteiger partial charge in [-0.25, -0.2) is 4.98 Å². The van der Waals surface area contributed by atoms with E-state index in [1.165, 1.54) is 19.2 Å². The number of rotatable bonds is 11. The molecule has 1 aromatic carbocycles. The number of ether oxygens (including phenoxy) is 1. The summed E-state index contributed by atoms with van der Waals surface area (Å²) in [4.78, 5) is 42.1. The summed E-state index contributed by atoms with van der Waals surface area (Å²) in [5, 5.41) is 19.7. The number of anilines is 2. The number of nitrogens with zero attached hydrogens (tertiary/aromatic N) is 2. The minimum absolute atomic E-state index is 0.0844. The topological polar surface area (TPSA) is 133 Å². The average molecular weight is 464 g/mol. The van der Waals surface area contributed by atoms with Crippen LogP contribution in [0.5, 0.6) is 11.5 Å². The number of carbonyl (C=O) groups excluding carboxylic acids is 3. The van der Waals surface area contributed by atoms with Gasteiger partial charge in [-0.15, -0.1) is 11.3 Å². The molecule has 1 aromatic heterocycles. The Morgan fingerprint density at radius 2 is 1.91 bits per heavy atom. The third kappa shape index (κ3) is 6.41. The zero-order valence-corrected chi connectivity index (χ0v) is 19.6. The molecule has 0 radical (unpaired) electrons. The van der Waals surface area contributed by atoms with Gasteiger partial charge in [0.05, 0.1) is 18.4 Å². The molecule has 174 valence electrons. The highest BCUT2D eigenvalue weighted by Crippen LogP contribution is 2.32. The number of aromatic nitrogens is 1. The maximum Gasteiger partial charge on any atom is 0.270 e. The van der Waals surface area contributed by atoms with E-state index in [1.807, 2.05) is 0 Å². The molecule has 0 saturated carbocycles. The SMILES string of the molecule is COc1cc(O)c(C(=O)Nc2nc(C(=O)NCCN(C(C)C)C(C)C)cs2)cc1NC=O. The molecule has 0 bridgehead atoms. The summed E-state index contributed by atoms with van der Waals surface area (Å²) in [6.45, 7) is 9.61. The van der Waals surface area contributed by atoms with Crippen LogP contribution < -0.4 is 20.7 Å². The standard InChI is InChI=1S/C21H29N5O5S/c1-12(2)26(13(3)4)7-6-22-20(30)16-10-32-21(24-16)25-19(29)14-8-15(23-11-27)18(31-5)9-17(14)28/h8-13,28H,6-7H2,1-5H3,(H,22,30)(H,23,27)(H,24,25,29). The lowest BCUT2D eigenvalue weighted by Gasteiger charge is -2.30. The van der Waals surface area contributed by atoms with Crippen LogP contribution in [0.2, 0.25) is 0 Å². The molecule has 4 N–H and O–H groups in total. The fraction of sp³-hybridized carbons (Fsp3) is 0.429. The third-order valence-corrected chi connectivity index (χ3v) is 5.47. The Labute approximate surface area is 191 Å². The molecule has 2 rings (SSSR count). The number of thiazole rings is 1. The maximum absolute atomic E-state index is 12.6. The van der Waals surface area contributed by atoms with Crippen molar-refractivity contribution in [3.63, 3.8) is 0 Å². The molecule has 10 nitrogen and oxygen atoms in total. The van der Waals surface area contributed by atoms with Crippen molar-refractivity contribution in [3.8, 4) is 11.5 Å². The monoisotopic (exact) mass is 463 g/mol. The Balaban J connectivity index is 2.02. The van der Waals surface area contributed by atoms with Gasteiger partial charge in [-0.1, -0.05) is 0 Å². The van der Waals surface area contributed by atoms with E-state index < -0.39 is 5.91 Å². The summed E-state index contributed by atoms with van der Waals surface area (Å²) in [6.07, 6.45) is 0.434. The van der Waals surface area contributed by atoms with Crippen LogP contribution in [0, 0.1) is 0 Å². The molecule has 0 aliphatic carbocycles. The minimum Gasteiger partial charge on any atom is -0.507 e. The quantitative estimate of drug-likeness (QED) is 0.297. The van der Waals surface area contributed by atoms with Gasteiger partial charge in [0, 0.05) is 36.6 Å². The Kier molecular flexibility index (Phi) is 8.97. The third-order valence-electron chi connectivity index (χ3n) is 4.72. The number of phenols is 1. The molecule has 1 heterocycles. The van der Waals surface area contributed by atoms with E-state index in [9.17, 15) is 19.5 Å².